The van der Waals surface area contributed by atoms with Crippen LogP contribution in [0.15, 0.2) is 0 Å². The van der Waals surface area contributed by atoms with E-state index in [0.29, 0.717) is 11.1 Å². The van der Waals surface area contributed by atoms with Gasteiger partial charge in [0.25, 0.3) is 0 Å². The zero-order valence-corrected chi connectivity index (χ0v) is 14.5. The van der Waals surface area contributed by atoms with Crippen LogP contribution in [0.2, 0.25) is 0 Å². The highest BCUT2D eigenvalue weighted by atomic mass is 31.0. The van der Waals surface area contributed by atoms with Gasteiger partial charge in [0.05, 0.1) is 0 Å². The fraction of sp³-hybridized carbons (Fsp3) is 1.00. The SMILES string of the molecule is CC(C)C(C)C(CCC(C)(C)C(C)P)C(C)C. The van der Waals surface area contributed by atoms with Gasteiger partial charge in [-0.25, -0.2) is 0 Å². The Morgan fingerprint density at radius 1 is 0.882 bits per heavy atom. The monoisotopic (exact) mass is 258 g/mol. The van der Waals surface area contributed by atoms with E-state index in [1.54, 1.807) is 0 Å². The summed E-state index contributed by atoms with van der Waals surface area (Å²) in [5.74, 6) is 3.32. The van der Waals surface area contributed by atoms with Crippen LogP contribution in [-0.2, 0) is 0 Å². The molecule has 0 saturated carbocycles. The van der Waals surface area contributed by atoms with E-state index < -0.39 is 0 Å². The molecule has 0 aromatic heterocycles. The average Bonchev–Trinajstić information content (AvgIpc) is 2.16. The summed E-state index contributed by atoms with van der Waals surface area (Å²) in [6, 6.07) is 0. The molecule has 1 heteroatoms. The van der Waals surface area contributed by atoms with E-state index in [1.807, 2.05) is 0 Å². The summed E-state index contributed by atoms with van der Waals surface area (Å²) in [7, 11) is 2.98. The van der Waals surface area contributed by atoms with Gasteiger partial charge in [-0.1, -0.05) is 55.4 Å². The highest BCUT2D eigenvalue weighted by Crippen LogP contribution is 2.38. The van der Waals surface area contributed by atoms with Crippen LogP contribution in [0.5, 0.6) is 0 Å². The van der Waals surface area contributed by atoms with Crippen molar-refractivity contribution in [3.63, 3.8) is 0 Å². The molecule has 0 spiro atoms. The Bertz CT molecular complexity index is 204. The van der Waals surface area contributed by atoms with Gasteiger partial charge in [0, 0.05) is 0 Å². The zero-order chi connectivity index (χ0) is 13.8. The fourth-order valence-corrected chi connectivity index (χ4v) is 2.63. The van der Waals surface area contributed by atoms with Gasteiger partial charge in [-0.3, -0.25) is 0 Å². The van der Waals surface area contributed by atoms with Gasteiger partial charge >= 0.3 is 0 Å². The maximum absolute atomic E-state index is 2.98. The second-order valence-electron chi connectivity index (χ2n) is 7.33. The molecule has 0 heterocycles. The van der Waals surface area contributed by atoms with Crippen LogP contribution in [0.1, 0.15) is 68.2 Å². The lowest BCUT2D eigenvalue weighted by atomic mass is 9.72. The third-order valence-corrected chi connectivity index (χ3v) is 5.84. The summed E-state index contributed by atoms with van der Waals surface area (Å²) in [6.45, 7) is 19.1. The van der Waals surface area contributed by atoms with E-state index in [9.17, 15) is 0 Å². The van der Waals surface area contributed by atoms with Gasteiger partial charge in [0.2, 0.25) is 0 Å². The third kappa shape index (κ3) is 5.73. The summed E-state index contributed by atoms with van der Waals surface area (Å²) >= 11 is 0. The van der Waals surface area contributed by atoms with Crippen molar-refractivity contribution >= 4 is 9.24 Å². The van der Waals surface area contributed by atoms with Crippen molar-refractivity contribution in [2.45, 2.75) is 73.9 Å². The van der Waals surface area contributed by atoms with E-state index >= 15 is 0 Å². The van der Waals surface area contributed by atoms with Crippen molar-refractivity contribution in [3.05, 3.63) is 0 Å². The van der Waals surface area contributed by atoms with Crippen molar-refractivity contribution in [2.75, 3.05) is 0 Å². The molecule has 0 bridgehead atoms. The second-order valence-corrected chi connectivity index (χ2v) is 8.33. The van der Waals surface area contributed by atoms with E-state index in [-0.39, 0.29) is 0 Å². The lowest BCUT2D eigenvalue weighted by Crippen LogP contribution is -2.27. The van der Waals surface area contributed by atoms with E-state index in [1.165, 1.54) is 12.8 Å². The maximum atomic E-state index is 2.98. The number of hydrogen-bond acceptors (Lipinski definition) is 0. The molecule has 0 aliphatic heterocycles. The first-order valence-electron chi connectivity index (χ1n) is 7.35. The second kappa shape index (κ2) is 7.13. The van der Waals surface area contributed by atoms with Crippen LogP contribution in [0.3, 0.4) is 0 Å². The largest absolute Gasteiger partial charge is 0.134 e. The van der Waals surface area contributed by atoms with Crippen molar-refractivity contribution in [1.29, 1.82) is 0 Å². The topological polar surface area (TPSA) is 0 Å². The minimum absolute atomic E-state index is 0.453. The lowest BCUT2D eigenvalue weighted by Gasteiger charge is -2.35. The Kier molecular flexibility index (Phi) is 7.31. The summed E-state index contributed by atoms with van der Waals surface area (Å²) in [5.41, 5.74) is 1.15. The summed E-state index contributed by atoms with van der Waals surface area (Å²) in [5, 5.41) is 0. The Hall–Kier alpha value is 0.430. The molecule has 104 valence electrons. The van der Waals surface area contributed by atoms with Gasteiger partial charge in [0.1, 0.15) is 0 Å². The van der Waals surface area contributed by atoms with Crippen LogP contribution in [0, 0.1) is 29.1 Å². The predicted octanol–water partition coefficient (Wildman–Crippen LogP) is 5.62. The fourth-order valence-electron chi connectivity index (χ4n) is 2.46. The first-order valence-corrected chi connectivity index (χ1v) is 8.01. The van der Waals surface area contributed by atoms with E-state index in [4.69, 9.17) is 0 Å². The Balaban J connectivity index is 4.48. The van der Waals surface area contributed by atoms with Crippen molar-refractivity contribution in [3.8, 4) is 0 Å². The average molecular weight is 258 g/mol. The van der Waals surface area contributed by atoms with Crippen LogP contribution < -0.4 is 0 Å². The highest BCUT2D eigenvalue weighted by molar-refractivity contribution is 7.17. The molecule has 0 amide bonds. The maximum Gasteiger partial charge on any atom is -0.0241 e. The van der Waals surface area contributed by atoms with Gasteiger partial charge < -0.3 is 0 Å². The molecule has 0 nitrogen and oxygen atoms in total. The molecule has 0 radical (unpaired) electrons. The van der Waals surface area contributed by atoms with Crippen molar-refractivity contribution < 1.29 is 0 Å². The van der Waals surface area contributed by atoms with Crippen LogP contribution in [0.4, 0.5) is 0 Å². The van der Waals surface area contributed by atoms with Crippen LogP contribution in [-0.4, -0.2) is 5.66 Å². The molecule has 17 heavy (non-hydrogen) atoms. The molecular formula is C16H35P. The number of hydrogen-bond donors (Lipinski definition) is 0. The molecule has 0 rings (SSSR count). The van der Waals surface area contributed by atoms with E-state index in [2.05, 4.69) is 64.6 Å². The molecular weight excluding hydrogens is 223 g/mol. The van der Waals surface area contributed by atoms with Crippen LogP contribution >= 0.6 is 9.24 Å². The standard InChI is InChI=1S/C16H35P/c1-11(2)13(5)15(12(3)4)9-10-16(7,8)14(6)17/h11-15H,9-10,17H2,1-8H3. The predicted molar refractivity (Wildman–Crippen MR) is 84.5 cm³/mol. The van der Waals surface area contributed by atoms with E-state index in [0.717, 1.165) is 23.7 Å². The molecule has 0 saturated heterocycles. The summed E-state index contributed by atoms with van der Waals surface area (Å²) < 4.78 is 0. The third-order valence-electron chi connectivity index (χ3n) is 4.94. The molecule has 0 aliphatic rings. The molecule has 4 atom stereocenters. The van der Waals surface area contributed by atoms with Crippen molar-refractivity contribution in [2.24, 2.45) is 29.1 Å². The molecule has 0 fully saturated rings. The molecule has 0 aliphatic carbocycles. The highest BCUT2D eigenvalue weighted by Gasteiger charge is 2.28. The zero-order valence-electron chi connectivity index (χ0n) is 13.4. The lowest BCUT2D eigenvalue weighted by molar-refractivity contribution is 0.172. The minimum Gasteiger partial charge on any atom is -0.134 e. The Morgan fingerprint density at radius 2 is 1.35 bits per heavy atom. The van der Waals surface area contributed by atoms with Gasteiger partial charge in [-0.05, 0) is 47.6 Å². The van der Waals surface area contributed by atoms with Crippen LogP contribution in [0.25, 0.3) is 0 Å². The minimum atomic E-state index is 0.453. The van der Waals surface area contributed by atoms with Crippen molar-refractivity contribution in [1.82, 2.24) is 0 Å². The van der Waals surface area contributed by atoms with Gasteiger partial charge in [-0.2, -0.15) is 0 Å². The summed E-state index contributed by atoms with van der Waals surface area (Å²) in [6.07, 6.45) is 2.72. The smallest absolute Gasteiger partial charge is 0.0241 e. The Labute approximate surface area is 113 Å². The number of rotatable bonds is 7. The summed E-state index contributed by atoms with van der Waals surface area (Å²) in [4.78, 5) is 0. The van der Waals surface area contributed by atoms with Gasteiger partial charge in [-0.15, -0.1) is 9.24 Å². The first-order chi connectivity index (χ1) is 7.59. The Morgan fingerprint density at radius 3 is 1.65 bits per heavy atom. The quantitative estimate of drug-likeness (QED) is 0.520. The molecule has 0 aromatic carbocycles. The normalized spacial score (nSPS) is 18.5. The van der Waals surface area contributed by atoms with Gasteiger partial charge in [0.15, 0.2) is 0 Å². The molecule has 0 N–H and O–H groups in total. The molecule has 4 unspecified atom stereocenters. The first kappa shape index (κ1) is 17.4. The molecule has 0 aromatic rings.